The Bertz CT molecular complexity index is 3000. The first-order valence-electron chi connectivity index (χ1n) is 20.7. The Morgan fingerprint density at radius 2 is 0.983 bits per heavy atom. The number of hydrogen-bond donors (Lipinski definition) is 0. The van der Waals surface area contributed by atoms with Crippen molar-refractivity contribution in [3.05, 3.63) is 173 Å². The van der Waals surface area contributed by atoms with E-state index < -0.39 is 0 Å². The van der Waals surface area contributed by atoms with Crippen molar-refractivity contribution in [1.29, 1.82) is 0 Å². The minimum absolute atomic E-state index is 0.00324. The van der Waals surface area contributed by atoms with Crippen LogP contribution in [0, 0.1) is 0 Å². The molecular formula is C53H49N5. The van der Waals surface area contributed by atoms with Crippen LogP contribution in [0.2, 0.25) is 0 Å². The van der Waals surface area contributed by atoms with E-state index in [0.717, 1.165) is 23.0 Å². The third-order valence-electron chi connectivity index (χ3n) is 13.8. The summed E-state index contributed by atoms with van der Waals surface area (Å²) in [5, 5.41) is 2.53. The first-order chi connectivity index (χ1) is 27.7. The summed E-state index contributed by atoms with van der Waals surface area (Å²) in [5.41, 5.74) is 16.6. The molecule has 0 unspecified atom stereocenters. The van der Waals surface area contributed by atoms with Crippen LogP contribution >= 0.6 is 0 Å². The molecule has 0 atom stereocenters. The summed E-state index contributed by atoms with van der Waals surface area (Å²) < 4.78 is 2.45. The van der Waals surface area contributed by atoms with Crippen molar-refractivity contribution in [2.45, 2.75) is 84.0 Å². The maximum Gasteiger partial charge on any atom is 0.141 e. The van der Waals surface area contributed by atoms with Crippen LogP contribution in [0.5, 0.6) is 0 Å². The fourth-order valence-electron chi connectivity index (χ4n) is 10.5. The van der Waals surface area contributed by atoms with E-state index in [2.05, 4.69) is 198 Å². The maximum absolute atomic E-state index is 5.11. The highest BCUT2D eigenvalue weighted by atomic mass is 15.2. The normalized spacial score (nSPS) is 16.7. The molecule has 5 heteroatoms. The first kappa shape index (κ1) is 35.0. The molecule has 0 amide bonds. The number of aromatic nitrogens is 3. The molecule has 0 spiro atoms. The van der Waals surface area contributed by atoms with Gasteiger partial charge in [-0.05, 0) is 87.8 Å². The van der Waals surface area contributed by atoms with E-state index >= 15 is 0 Å². The second kappa shape index (κ2) is 11.5. The number of hydrogen-bond acceptors (Lipinski definition) is 4. The third-order valence-corrected chi connectivity index (χ3v) is 13.8. The Morgan fingerprint density at radius 3 is 1.67 bits per heavy atom. The number of anilines is 6. The van der Waals surface area contributed by atoms with Gasteiger partial charge in [-0.25, -0.2) is 9.97 Å². The zero-order valence-electron chi connectivity index (χ0n) is 34.9. The largest absolute Gasteiger partial charge is 0.310 e. The van der Waals surface area contributed by atoms with E-state index in [1.54, 1.807) is 0 Å². The molecule has 11 rings (SSSR count). The monoisotopic (exact) mass is 755 g/mol. The number of pyridine rings is 2. The van der Waals surface area contributed by atoms with Gasteiger partial charge in [0.25, 0.3) is 0 Å². The summed E-state index contributed by atoms with van der Waals surface area (Å²) in [7, 11) is 0. The van der Waals surface area contributed by atoms with E-state index in [9.17, 15) is 0 Å². The molecule has 0 bridgehead atoms. The van der Waals surface area contributed by atoms with Crippen LogP contribution in [0.1, 0.15) is 101 Å². The molecule has 3 aromatic heterocycles. The summed E-state index contributed by atoms with van der Waals surface area (Å²) in [6.07, 6.45) is 3.87. The van der Waals surface area contributed by atoms with E-state index in [4.69, 9.17) is 9.97 Å². The zero-order valence-corrected chi connectivity index (χ0v) is 34.9. The highest BCUT2D eigenvalue weighted by molar-refractivity contribution is 6.13. The quantitative estimate of drug-likeness (QED) is 0.176. The lowest BCUT2D eigenvalue weighted by atomic mass is 9.73. The molecule has 8 aromatic rings. The fraction of sp³-hybridized carbons (Fsp3) is 0.245. The lowest BCUT2D eigenvalue weighted by Crippen LogP contribution is -2.32. The van der Waals surface area contributed by atoms with Gasteiger partial charge in [0.15, 0.2) is 0 Å². The predicted molar refractivity (Wildman–Crippen MR) is 241 cm³/mol. The maximum atomic E-state index is 5.11. The van der Waals surface area contributed by atoms with Gasteiger partial charge in [0, 0.05) is 61.9 Å². The fourth-order valence-corrected chi connectivity index (χ4v) is 10.5. The molecule has 0 saturated heterocycles. The van der Waals surface area contributed by atoms with Crippen LogP contribution in [0.3, 0.4) is 0 Å². The molecule has 6 heterocycles. The average Bonchev–Trinajstić information content (AvgIpc) is 3.54. The van der Waals surface area contributed by atoms with Gasteiger partial charge in [-0.1, -0.05) is 129 Å². The lowest BCUT2D eigenvalue weighted by Gasteiger charge is -2.44. The summed E-state index contributed by atoms with van der Waals surface area (Å²) >= 11 is 0. The van der Waals surface area contributed by atoms with Crippen LogP contribution in [0.25, 0.3) is 27.6 Å². The number of para-hydroxylation sites is 2. The van der Waals surface area contributed by atoms with Crippen molar-refractivity contribution in [2.24, 2.45) is 0 Å². The van der Waals surface area contributed by atoms with Gasteiger partial charge >= 0.3 is 0 Å². The first-order valence-corrected chi connectivity index (χ1v) is 20.7. The van der Waals surface area contributed by atoms with Crippen LogP contribution in [0.15, 0.2) is 134 Å². The summed E-state index contributed by atoms with van der Waals surface area (Å²) in [5.74, 6) is 1.99. The Balaban J connectivity index is 1.19. The Hall–Kier alpha value is -6.20. The SMILES string of the molecule is CC(C)(C)c1cc2c3c(c1)c1ccc(N4c5ccccc5C(C)(C)c5ccc(N6c7ccccc7C(C)(C)c7cccnc76)cc54)cc1n3-c1ncccc1C2(C)C. The van der Waals surface area contributed by atoms with E-state index in [-0.39, 0.29) is 21.7 Å². The van der Waals surface area contributed by atoms with Crippen molar-refractivity contribution >= 4 is 56.1 Å². The summed E-state index contributed by atoms with van der Waals surface area (Å²) in [6.45, 7) is 21.0. The highest BCUT2D eigenvalue weighted by Crippen LogP contribution is 2.57. The minimum atomic E-state index is -0.231. The van der Waals surface area contributed by atoms with Gasteiger partial charge in [-0.2, -0.15) is 0 Å². The molecule has 0 saturated carbocycles. The smallest absolute Gasteiger partial charge is 0.141 e. The average molecular weight is 756 g/mol. The lowest BCUT2D eigenvalue weighted by molar-refractivity contribution is 0.581. The van der Waals surface area contributed by atoms with E-state index in [0.29, 0.717) is 0 Å². The molecule has 0 fully saturated rings. The van der Waals surface area contributed by atoms with Crippen LogP contribution < -0.4 is 9.80 Å². The Kier molecular flexibility index (Phi) is 6.92. The van der Waals surface area contributed by atoms with Crippen molar-refractivity contribution < 1.29 is 0 Å². The third kappa shape index (κ3) is 4.53. The predicted octanol–water partition coefficient (Wildman–Crippen LogP) is 13.7. The molecule has 0 N–H and O–H groups in total. The van der Waals surface area contributed by atoms with Crippen molar-refractivity contribution in [2.75, 3.05) is 9.80 Å². The summed E-state index contributed by atoms with van der Waals surface area (Å²) in [6, 6.07) is 45.5. The topological polar surface area (TPSA) is 37.2 Å². The Morgan fingerprint density at radius 1 is 0.448 bits per heavy atom. The molecule has 3 aliphatic heterocycles. The molecular weight excluding hydrogens is 707 g/mol. The van der Waals surface area contributed by atoms with E-state index in [1.165, 1.54) is 77.8 Å². The summed E-state index contributed by atoms with van der Waals surface area (Å²) in [4.78, 5) is 15.0. The second-order valence-corrected chi connectivity index (χ2v) is 19.2. The number of rotatable bonds is 2. The molecule has 3 aliphatic rings. The van der Waals surface area contributed by atoms with E-state index in [1.807, 2.05) is 12.4 Å². The van der Waals surface area contributed by atoms with Crippen molar-refractivity contribution in [3.8, 4) is 5.82 Å². The second-order valence-electron chi connectivity index (χ2n) is 19.2. The van der Waals surface area contributed by atoms with Gasteiger partial charge in [-0.15, -0.1) is 0 Å². The van der Waals surface area contributed by atoms with Gasteiger partial charge in [0.2, 0.25) is 0 Å². The van der Waals surface area contributed by atoms with Crippen LogP contribution in [0.4, 0.5) is 34.3 Å². The molecule has 5 nitrogen and oxygen atoms in total. The molecule has 0 radical (unpaired) electrons. The van der Waals surface area contributed by atoms with Gasteiger partial charge in [0.05, 0.1) is 28.1 Å². The molecule has 5 aromatic carbocycles. The minimum Gasteiger partial charge on any atom is -0.310 e. The highest BCUT2D eigenvalue weighted by Gasteiger charge is 2.42. The van der Waals surface area contributed by atoms with Crippen molar-refractivity contribution in [3.63, 3.8) is 0 Å². The van der Waals surface area contributed by atoms with Gasteiger partial charge in [-0.3, -0.25) is 9.47 Å². The van der Waals surface area contributed by atoms with Crippen LogP contribution in [-0.2, 0) is 21.7 Å². The Labute approximate surface area is 341 Å². The van der Waals surface area contributed by atoms with Crippen molar-refractivity contribution in [1.82, 2.24) is 14.5 Å². The molecule has 0 aliphatic carbocycles. The standard InChI is InChI=1S/C53H49N5/c1-50(2,3)32-28-36-35-24-22-33(30-45(35)58-47(36)42(29-32)53(8,9)41-19-15-27-55-49(41)58)56-43-20-12-10-16-37(43)51(4,5)39-25-23-34(31-46(39)56)57-44-21-13-11-17-38(44)52(6,7)40-18-14-26-54-48(40)57/h10-31H,1-9H3. The van der Waals surface area contributed by atoms with Gasteiger partial charge < -0.3 is 4.90 Å². The van der Waals surface area contributed by atoms with Crippen LogP contribution in [-0.4, -0.2) is 14.5 Å². The molecule has 58 heavy (non-hydrogen) atoms. The number of nitrogens with zero attached hydrogens (tertiary/aromatic N) is 5. The van der Waals surface area contributed by atoms with Gasteiger partial charge in [0.1, 0.15) is 11.6 Å². The number of benzene rings is 5. The zero-order chi connectivity index (χ0) is 40.1. The number of fused-ring (bicyclic) bond motifs is 9. The molecule has 286 valence electrons.